The summed E-state index contributed by atoms with van der Waals surface area (Å²) in [5, 5.41) is 3.37. The van der Waals surface area contributed by atoms with Crippen LogP contribution in [0.2, 0.25) is 0 Å². The van der Waals surface area contributed by atoms with E-state index in [1.807, 2.05) is 0 Å². The fourth-order valence-corrected chi connectivity index (χ4v) is 1.84. The van der Waals surface area contributed by atoms with E-state index in [-0.39, 0.29) is 6.04 Å². The molecule has 2 fully saturated rings. The molecule has 1 heterocycles. The van der Waals surface area contributed by atoms with Crippen LogP contribution in [0.4, 0.5) is 0 Å². The molecule has 2 aliphatic rings. The van der Waals surface area contributed by atoms with Crippen LogP contribution in [-0.4, -0.2) is 18.6 Å². The highest BCUT2D eigenvalue weighted by Crippen LogP contribution is 2.30. The number of fused-ring (bicyclic) bond motifs is 2. The Bertz CT molecular complexity index is 101. The standard InChI is InChI=1S/C6H11N2/c7-6-2-5-1-4(6)3-8-5/h4-8H,1-3H2. The molecule has 1 saturated heterocycles. The average Bonchev–Trinajstić information content (AvgIpc) is 2.23. The molecule has 2 N–H and O–H groups in total. The van der Waals surface area contributed by atoms with Gasteiger partial charge < -0.3 is 5.32 Å². The van der Waals surface area contributed by atoms with Gasteiger partial charge in [-0.3, -0.25) is 5.73 Å². The van der Waals surface area contributed by atoms with Crippen molar-refractivity contribution in [1.82, 2.24) is 11.1 Å². The van der Waals surface area contributed by atoms with Crippen molar-refractivity contribution >= 4 is 0 Å². The minimum Gasteiger partial charge on any atom is -0.314 e. The molecule has 3 unspecified atom stereocenters. The molecule has 0 aromatic heterocycles. The number of piperidine rings is 1. The van der Waals surface area contributed by atoms with Crippen LogP contribution >= 0.6 is 0 Å². The molecule has 2 nitrogen and oxygen atoms in total. The minimum absolute atomic E-state index is 0.265. The largest absolute Gasteiger partial charge is 0.314 e. The Hall–Kier alpha value is -0.0800. The molecule has 0 aromatic rings. The minimum atomic E-state index is 0.265. The summed E-state index contributed by atoms with van der Waals surface area (Å²) < 4.78 is 0. The van der Waals surface area contributed by atoms with Gasteiger partial charge in [0.25, 0.3) is 0 Å². The molecule has 3 atom stereocenters. The quantitative estimate of drug-likeness (QED) is 0.470. The highest BCUT2D eigenvalue weighted by molar-refractivity contribution is 4.96. The SMILES string of the molecule is [NH]C1CC2CC1CN2. The van der Waals surface area contributed by atoms with Crippen LogP contribution in [0, 0.1) is 5.92 Å². The molecule has 2 heteroatoms. The molecule has 2 rings (SSSR count). The lowest BCUT2D eigenvalue weighted by atomic mass is 10.1. The van der Waals surface area contributed by atoms with Gasteiger partial charge in [-0.15, -0.1) is 0 Å². The first kappa shape index (κ1) is 4.77. The summed E-state index contributed by atoms with van der Waals surface area (Å²) in [5.74, 6) is 0.694. The van der Waals surface area contributed by atoms with Gasteiger partial charge >= 0.3 is 0 Å². The fourth-order valence-electron chi connectivity index (χ4n) is 1.84. The van der Waals surface area contributed by atoms with Gasteiger partial charge in [0.2, 0.25) is 0 Å². The lowest BCUT2D eigenvalue weighted by Crippen LogP contribution is -2.33. The first-order chi connectivity index (χ1) is 3.86. The number of rotatable bonds is 0. The molecule has 8 heavy (non-hydrogen) atoms. The third kappa shape index (κ3) is 0.501. The summed E-state index contributed by atoms with van der Waals surface area (Å²) in [4.78, 5) is 0. The number of nitrogens with one attached hydrogen (secondary N) is 2. The maximum atomic E-state index is 7.48. The van der Waals surface area contributed by atoms with Crippen molar-refractivity contribution < 1.29 is 0 Å². The molecule has 1 aliphatic carbocycles. The van der Waals surface area contributed by atoms with Gasteiger partial charge in [0.1, 0.15) is 0 Å². The molecule has 0 aromatic carbocycles. The molecule has 0 amide bonds. The van der Waals surface area contributed by atoms with Crippen LogP contribution in [0.1, 0.15) is 12.8 Å². The van der Waals surface area contributed by atoms with E-state index >= 15 is 0 Å². The van der Waals surface area contributed by atoms with E-state index in [1.165, 1.54) is 6.42 Å². The number of hydrogen-bond donors (Lipinski definition) is 1. The van der Waals surface area contributed by atoms with E-state index in [4.69, 9.17) is 5.73 Å². The zero-order valence-electron chi connectivity index (χ0n) is 4.85. The van der Waals surface area contributed by atoms with E-state index < -0.39 is 0 Å². The second kappa shape index (κ2) is 1.45. The maximum Gasteiger partial charge on any atom is 0.0268 e. The van der Waals surface area contributed by atoms with Gasteiger partial charge in [-0.2, -0.15) is 0 Å². The van der Waals surface area contributed by atoms with Crippen molar-refractivity contribution in [3.63, 3.8) is 0 Å². The first-order valence-electron chi connectivity index (χ1n) is 3.31. The molecule has 2 bridgehead atoms. The average molecular weight is 111 g/mol. The van der Waals surface area contributed by atoms with Crippen LogP contribution in [0.5, 0.6) is 0 Å². The van der Waals surface area contributed by atoms with Crippen molar-refractivity contribution in [3.05, 3.63) is 0 Å². The lowest BCUT2D eigenvalue weighted by molar-refractivity contribution is 0.429. The molecular formula is C6H11N2. The predicted octanol–water partition coefficient (Wildman–Crippen LogP) is 0.0197. The Kier molecular flexibility index (Phi) is 0.866. The first-order valence-corrected chi connectivity index (χ1v) is 3.31. The topological polar surface area (TPSA) is 35.8 Å². The molecule has 1 saturated carbocycles. The summed E-state index contributed by atoms with van der Waals surface area (Å²) in [6, 6.07) is 0.976. The second-order valence-electron chi connectivity index (χ2n) is 2.94. The number of hydrogen-bond acceptors (Lipinski definition) is 1. The zero-order chi connectivity index (χ0) is 5.56. The van der Waals surface area contributed by atoms with E-state index in [9.17, 15) is 0 Å². The maximum absolute atomic E-state index is 7.48. The van der Waals surface area contributed by atoms with Crippen molar-refractivity contribution in [2.45, 2.75) is 24.9 Å². The summed E-state index contributed by atoms with van der Waals surface area (Å²) in [5.41, 5.74) is 7.48. The Morgan fingerprint density at radius 2 is 2.25 bits per heavy atom. The Morgan fingerprint density at radius 1 is 1.38 bits per heavy atom. The fraction of sp³-hybridized carbons (Fsp3) is 1.00. The lowest BCUT2D eigenvalue weighted by Gasteiger charge is -2.15. The van der Waals surface area contributed by atoms with Gasteiger partial charge in [-0.1, -0.05) is 0 Å². The second-order valence-corrected chi connectivity index (χ2v) is 2.94. The summed E-state index contributed by atoms with van der Waals surface area (Å²) >= 11 is 0. The van der Waals surface area contributed by atoms with Gasteiger partial charge in [0, 0.05) is 12.1 Å². The third-order valence-electron chi connectivity index (χ3n) is 2.36. The highest BCUT2D eigenvalue weighted by Gasteiger charge is 2.37. The normalized spacial score (nSPS) is 52.9. The third-order valence-corrected chi connectivity index (χ3v) is 2.36. The van der Waals surface area contributed by atoms with Crippen LogP contribution in [0.3, 0.4) is 0 Å². The van der Waals surface area contributed by atoms with Gasteiger partial charge in [0.05, 0.1) is 0 Å². The van der Waals surface area contributed by atoms with Crippen LogP contribution in [0.15, 0.2) is 0 Å². The highest BCUT2D eigenvalue weighted by atomic mass is 15.0. The van der Waals surface area contributed by atoms with Gasteiger partial charge in [-0.05, 0) is 25.3 Å². The molecule has 1 radical (unpaired) electrons. The molecule has 45 valence electrons. The van der Waals surface area contributed by atoms with E-state index in [0.717, 1.165) is 13.0 Å². The van der Waals surface area contributed by atoms with Crippen LogP contribution < -0.4 is 11.1 Å². The van der Waals surface area contributed by atoms with Crippen molar-refractivity contribution in [3.8, 4) is 0 Å². The Labute approximate surface area is 49.4 Å². The summed E-state index contributed by atoms with van der Waals surface area (Å²) in [6.07, 6.45) is 2.37. The van der Waals surface area contributed by atoms with Gasteiger partial charge in [0.15, 0.2) is 0 Å². The van der Waals surface area contributed by atoms with E-state index in [2.05, 4.69) is 5.32 Å². The van der Waals surface area contributed by atoms with E-state index in [0.29, 0.717) is 12.0 Å². The monoisotopic (exact) mass is 111 g/mol. The van der Waals surface area contributed by atoms with Crippen molar-refractivity contribution in [2.24, 2.45) is 5.92 Å². The van der Waals surface area contributed by atoms with E-state index in [1.54, 1.807) is 0 Å². The molecular weight excluding hydrogens is 100 g/mol. The van der Waals surface area contributed by atoms with Crippen molar-refractivity contribution in [2.75, 3.05) is 6.54 Å². The Morgan fingerprint density at radius 3 is 2.50 bits per heavy atom. The van der Waals surface area contributed by atoms with Crippen LogP contribution in [-0.2, 0) is 0 Å². The molecule has 0 spiro atoms. The van der Waals surface area contributed by atoms with Crippen molar-refractivity contribution in [1.29, 1.82) is 0 Å². The smallest absolute Gasteiger partial charge is 0.0268 e. The predicted molar refractivity (Wildman–Crippen MR) is 31.4 cm³/mol. The Balaban J connectivity index is 2.11. The molecule has 1 aliphatic heterocycles. The zero-order valence-corrected chi connectivity index (χ0v) is 4.85. The van der Waals surface area contributed by atoms with Crippen LogP contribution in [0.25, 0.3) is 0 Å². The summed E-state index contributed by atoms with van der Waals surface area (Å²) in [6.45, 7) is 1.11. The van der Waals surface area contributed by atoms with Gasteiger partial charge in [-0.25, -0.2) is 0 Å². The summed E-state index contributed by atoms with van der Waals surface area (Å²) in [7, 11) is 0.